The monoisotopic (exact) mass is 393 g/mol. The number of aryl methyl sites for hydroxylation is 1. The summed E-state index contributed by atoms with van der Waals surface area (Å²) in [7, 11) is 1.71. The van der Waals surface area contributed by atoms with Crippen LogP contribution in [0.2, 0.25) is 0 Å². The van der Waals surface area contributed by atoms with E-state index in [0.29, 0.717) is 46.7 Å². The number of rotatable bonds is 3. The first-order valence-electron chi connectivity index (χ1n) is 10.4. The summed E-state index contributed by atoms with van der Waals surface area (Å²) in [5.41, 5.74) is 3.57. The lowest BCUT2D eigenvalue weighted by Crippen LogP contribution is -2.20. The Bertz CT molecular complexity index is 1080. The fourth-order valence-corrected chi connectivity index (χ4v) is 4.68. The predicted molar refractivity (Wildman–Crippen MR) is 114 cm³/mol. The van der Waals surface area contributed by atoms with Crippen molar-refractivity contribution >= 4 is 23.0 Å². The second-order valence-electron chi connectivity index (χ2n) is 8.13. The van der Waals surface area contributed by atoms with Gasteiger partial charge in [0, 0.05) is 19.2 Å². The lowest BCUT2D eigenvalue weighted by Gasteiger charge is -2.22. The van der Waals surface area contributed by atoms with Crippen LogP contribution < -0.4 is 10.7 Å². The second-order valence-corrected chi connectivity index (χ2v) is 8.13. The van der Waals surface area contributed by atoms with Gasteiger partial charge in [-0.2, -0.15) is 0 Å². The van der Waals surface area contributed by atoms with Gasteiger partial charge < -0.3 is 14.8 Å². The zero-order chi connectivity index (χ0) is 20.5. The van der Waals surface area contributed by atoms with Crippen molar-refractivity contribution in [3.63, 3.8) is 0 Å². The molecule has 2 aliphatic rings. The quantitative estimate of drug-likeness (QED) is 0.787. The van der Waals surface area contributed by atoms with Crippen LogP contribution in [0.4, 0.5) is 0 Å². The topological polar surface area (TPSA) is 79.5 Å². The molecule has 1 aromatic carbocycles. The molecule has 29 heavy (non-hydrogen) atoms. The molecular weight excluding hydrogens is 366 g/mol. The summed E-state index contributed by atoms with van der Waals surface area (Å²) in [4.78, 5) is 25.3. The lowest BCUT2D eigenvalue weighted by molar-refractivity contribution is -0.132. The van der Waals surface area contributed by atoms with Crippen LogP contribution in [0.5, 0.6) is 0 Å². The van der Waals surface area contributed by atoms with Gasteiger partial charge in [-0.25, -0.2) is 4.79 Å². The molecule has 0 unspecified atom stereocenters. The molecule has 2 aliphatic carbocycles. The number of hydrogen-bond acceptors (Lipinski definition) is 4. The standard InChI is InChI=1S/C24H27NO4/c1-14-8-10-20-18(13-19(24(27)28)22(14)25-2)23(26)17-12-16(9-11-21(17)29-20)15-6-4-3-5-7-15/h9,11-13,15,25H,3-8,10H2,1-2H3,(H,27,28). The van der Waals surface area contributed by atoms with Crippen LogP contribution in [0.15, 0.2) is 44.3 Å². The number of benzene rings is 1. The van der Waals surface area contributed by atoms with Gasteiger partial charge in [-0.05, 0) is 61.4 Å². The maximum atomic E-state index is 13.4. The van der Waals surface area contributed by atoms with Gasteiger partial charge in [0.25, 0.3) is 0 Å². The van der Waals surface area contributed by atoms with Gasteiger partial charge in [-0.15, -0.1) is 0 Å². The largest absolute Gasteiger partial charge is 0.478 e. The summed E-state index contributed by atoms with van der Waals surface area (Å²) in [5, 5.41) is 13.3. The Morgan fingerprint density at radius 2 is 1.93 bits per heavy atom. The highest BCUT2D eigenvalue weighted by molar-refractivity contribution is 5.98. The molecule has 152 valence electrons. The van der Waals surface area contributed by atoms with E-state index in [-0.39, 0.29) is 11.0 Å². The molecule has 1 saturated carbocycles. The van der Waals surface area contributed by atoms with E-state index in [1.807, 2.05) is 19.1 Å². The first-order valence-corrected chi connectivity index (χ1v) is 10.4. The number of nitrogens with one attached hydrogen (secondary N) is 1. The van der Waals surface area contributed by atoms with E-state index in [1.54, 1.807) is 7.05 Å². The highest BCUT2D eigenvalue weighted by Crippen LogP contribution is 2.34. The highest BCUT2D eigenvalue weighted by atomic mass is 16.4. The van der Waals surface area contributed by atoms with Gasteiger partial charge in [0.15, 0.2) is 5.43 Å². The molecular formula is C24H27NO4. The maximum absolute atomic E-state index is 13.4. The number of allylic oxidation sites excluding steroid dienone is 1. The van der Waals surface area contributed by atoms with Crippen LogP contribution >= 0.6 is 0 Å². The first kappa shape index (κ1) is 19.5. The molecule has 4 rings (SSSR count). The summed E-state index contributed by atoms with van der Waals surface area (Å²) >= 11 is 0. The Hall–Kier alpha value is -2.82. The van der Waals surface area contributed by atoms with E-state index in [0.717, 1.165) is 18.4 Å². The van der Waals surface area contributed by atoms with Crippen LogP contribution in [-0.2, 0) is 11.2 Å². The fourth-order valence-electron chi connectivity index (χ4n) is 4.68. The minimum atomic E-state index is -1.06. The van der Waals surface area contributed by atoms with Crippen molar-refractivity contribution < 1.29 is 14.3 Å². The van der Waals surface area contributed by atoms with Crippen LogP contribution in [0.1, 0.15) is 68.3 Å². The maximum Gasteiger partial charge on any atom is 0.337 e. The van der Waals surface area contributed by atoms with Crippen molar-refractivity contribution in [3.05, 3.63) is 62.2 Å². The highest BCUT2D eigenvalue weighted by Gasteiger charge is 2.23. The van der Waals surface area contributed by atoms with Crippen molar-refractivity contribution in [2.45, 2.75) is 57.8 Å². The average Bonchev–Trinajstić information content (AvgIpc) is 2.72. The van der Waals surface area contributed by atoms with Crippen molar-refractivity contribution in [2.75, 3.05) is 7.05 Å². The third-order valence-corrected chi connectivity index (χ3v) is 6.30. The molecule has 0 amide bonds. The first-order chi connectivity index (χ1) is 14.0. The van der Waals surface area contributed by atoms with Gasteiger partial charge in [0.2, 0.25) is 0 Å². The molecule has 5 nitrogen and oxygen atoms in total. The zero-order valence-electron chi connectivity index (χ0n) is 17.0. The molecule has 5 heteroatoms. The van der Waals surface area contributed by atoms with E-state index in [4.69, 9.17) is 4.42 Å². The van der Waals surface area contributed by atoms with Gasteiger partial charge in [-0.1, -0.05) is 25.3 Å². The number of fused-ring (bicyclic) bond motifs is 2. The minimum absolute atomic E-state index is 0.0982. The van der Waals surface area contributed by atoms with Crippen LogP contribution in [0, 0.1) is 0 Å². The smallest absolute Gasteiger partial charge is 0.337 e. The number of aliphatic carboxylic acids is 1. The van der Waals surface area contributed by atoms with Gasteiger partial charge in [0.05, 0.1) is 16.5 Å². The van der Waals surface area contributed by atoms with Gasteiger partial charge >= 0.3 is 5.97 Å². The summed E-state index contributed by atoms with van der Waals surface area (Å²) in [5.74, 6) is -0.0145. The van der Waals surface area contributed by atoms with E-state index in [9.17, 15) is 14.7 Å². The second kappa shape index (κ2) is 7.90. The predicted octanol–water partition coefficient (Wildman–Crippen LogP) is 4.75. The number of carbonyl (C=O) groups is 1. The zero-order valence-corrected chi connectivity index (χ0v) is 17.0. The van der Waals surface area contributed by atoms with Crippen LogP contribution in [0.25, 0.3) is 17.0 Å². The van der Waals surface area contributed by atoms with Crippen LogP contribution in [-0.4, -0.2) is 18.1 Å². The molecule has 1 heterocycles. The van der Waals surface area contributed by atoms with E-state index in [2.05, 4.69) is 11.4 Å². The number of carboxylic acid groups (broad SMARTS) is 1. The minimum Gasteiger partial charge on any atom is -0.478 e. The molecule has 0 aliphatic heterocycles. The van der Waals surface area contributed by atoms with Gasteiger partial charge in [0.1, 0.15) is 11.3 Å². The lowest BCUT2D eigenvalue weighted by atomic mass is 9.83. The molecule has 1 aromatic heterocycles. The van der Waals surface area contributed by atoms with Crippen LogP contribution in [0.3, 0.4) is 0 Å². The molecule has 0 saturated heterocycles. The van der Waals surface area contributed by atoms with E-state index >= 15 is 0 Å². The summed E-state index contributed by atoms with van der Waals surface area (Å²) in [6.45, 7) is 1.91. The van der Waals surface area contributed by atoms with Gasteiger partial charge in [-0.3, -0.25) is 4.79 Å². The molecule has 0 atom stereocenters. The van der Waals surface area contributed by atoms with Crippen molar-refractivity contribution in [3.8, 4) is 0 Å². The third kappa shape index (κ3) is 3.61. The Morgan fingerprint density at radius 1 is 1.17 bits per heavy atom. The van der Waals surface area contributed by atoms with Crippen molar-refractivity contribution in [2.24, 2.45) is 0 Å². The molecule has 0 radical (unpaired) electrons. The van der Waals surface area contributed by atoms with Crippen molar-refractivity contribution in [1.29, 1.82) is 0 Å². The number of likely N-dealkylation sites (N-methyl/N-ethyl adjacent to an activating group) is 1. The van der Waals surface area contributed by atoms with E-state index < -0.39 is 5.97 Å². The Kier molecular flexibility index (Phi) is 5.31. The Balaban J connectivity index is 1.90. The Morgan fingerprint density at radius 3 is 2.62 bits per heavy atom. The summed E-state index contributed by atoms with van der Waals surface area (Å²) < 4.78 is 6.11. The molecule has 2 aromatic rings. The van der Waals surface area contributed by atoms with Crippen molar-refractivity contribution in [1.82, 2.24) is 5.32 Å². The Labute approximate surface area is 170 Å². The number of hydrogen-bond donors (Lipinski definition) is 2. The molecule has 2 N–H and O–H groups in total. The molecule has 0 spiro atoms. The summed E-state index contributed by atoms with van der Waals surface area (Å²) in [6.07, 6.45) is 8.71. The average molecular weight is 393 g/mol. The summed E-state index contributed by atoms with van der Waals surface area (Å²) in [6, 6.07) is 5.95. The molecule has 0 bridgehead atoms. The normalized spacial score (nSPS) is 18.1. The SMILES string of the molecule is CNC1=C(C)CCc2oc3ccc(C4CCCCC4)cc3c(=O)c2C=C1C(=O)O. The molecule has 1 fully saturated rings. The van der Waals surface area contributed by atoms with E-state index in [1.165, 1.54) is 30.9 Å². The third-order valence-electron chi connectivity index (χ3n) is 6.30. The number of carboxylic acids is 1. The fraction of sp³-hybridized carbons (Fsp3) is 0.417.